The van der Waals surface area contributed by atoms with Crippen LogP contribution in [0.4, 0.5) is 0 Å². The number of aliphatic carboxylic acids is 1. The number of carbonyl (C=O) groups excluding carboxylic acids is 4. The van der Waals surface area contributed by atoms with Gasteiger partial charge < -0.3 is 40.7 Å². The van der Waals surface area contributed by atoms with Crippen molar-refractivity contribution < 1.29 is 38.6 Å². The van der Waals surface area contributed by atoms with Gasteiger partial charge in [-0.05, 0) is 56.1 Å². The number of likely N-dealkylation sites (tertiary alicyclic amines) is 1. The molecule has 0 bridgehead atoms. The lowest BCUT2D eigenvalue weighted by Crippen LogP contribution is -2.60. The fraction of sp³-hybridized carbons (Fsp3) is 0.711. The molecule has 1 aromatic carbocycles. The molecule has 1 fully saturated rings. The van der Waals surface area contributed by atoms with Crippen LogP contribution in [0, 0.1) is 17.8 Å². The highest BCUT2D eigenvalue weighted by atomic mass is 16.5. The number of carbonyl (C=O) groups is 5. The highest BCUT2D eigenvalue weighted by molar-refractivity contribution is 5.92. The first-order valence-corrected chi connectivity index (χ1v) is 18.2. The number of methoxy groups -OCH3 is 2. The van der Waals surface area contributed by atoms with Crippen LogP contribution in [-0.4, -0.2) is 114 Å². The van der Waals surface area contributed by atoms with Gasteiger partial charge in [0.2, 0.25) is 23.6 Å². The van der Waals surface area contributed by atoms with Crippen molar-refractivity contribution in [1.82, 2.24) is 20.4 Å². The maximum absolute atomic E-state index is 14.1. The molecule has 5 N–H and O–H groups in total. The lowest BCUT2D eigenvalue weighted by Gasteiger charge is -2.41. The van der Waals surface area contributed by atoms with E-state index in [-0.39, 0.29) is 36.0 Å². The first-order chi connectivity index (χ1) is 23.9. The van der Waals surface area contributed by atoms with Gasteiger partial charge in [-0.25, -0.2) is 4.79 Å². The number of likely N-dealkylation sites (N-methyl/N-ethyl adjacent to an activating group) is 1. The van der Waals surface area contributed by atoms with E-state index in [1.165, 1.54) is 14.2 Å². The standard InChI is InChI=1S/C38H61N5O8/c1-11-22(4)32(42(8)35(46)30(21(2)3)41-37(49)38(6,7)39)28(50-9)20-29(44)43-18-14-17-27(43)33(51-10)23(5)34(45)40-31(36(47)48)26-19-24-15-12-13-16-25(24)26/h12-13,15-16,21-23,26-28,30-33H,11,14,17-20,39H2,1-10H3,(H,40,45)(H,41,49)(H,47,48)/t22-,23+,26?,27-,28+,30-,31?,32-,33+/m0/s1. The Morgan fingerprint density at radius 2 is 1.71 bits per heavy atom. The summed E-state index contributed by atoms with van der Waals surface area (Å²) in [5.74, 6) is -3.84. The number of benzene rings is 1. The molecule has 1 heterocycles. The van der Waals surface area contributed by atoms with E-state index in [0.29, 0.717) is 32.2 Å². The van der Waals surface area contributed by atoms with Crippen LogP contribution in [0.15, 0.2) is 24.3 Å². The third kappa shape index (κ3) is 9.66. The lowest BCUT2D eigenvalue weighted by molar-refractivity contribution is -0.148. The molecular weight excluding hydrogens is 654 g/mol. The number of ether oxygens (including phenoxy) is 2. The third-order valence-corrected chi connectivity index (χ3v) is 10.9. The number of nitrogens with one attached hydrogen (secondary N) is 2. The summed E-state index contributed by atoms with van der Waals surface area (Å²) in [7, 11) is 4.70. The number of hydrogen-bond acceptors (Lipinski definition) is 8. The summed E-state index contributed by atoms with van der Waals surface area (Å²) in [5, 5.41) is 15.6. The summed E-state index contributed by atoms with van der Waals surface area (Å²) in [5.41, 5.74) is 6.84. The van der Waals surface area contributed by atoms with E-state index in [4.69, 9.17) is 15.2 Å². The molecule has 51 heavy (non-hydrogen) atoms. The number of nitrogens with zero attached hydrogens (tertiary/aromatic N) is 2. The van der Waals surface area contributed by atoms with E-state index in [0.717, 1.165) is 11.1 Å². The quantitative estimate of drug-likeness (QED) is 0.178. The smallest absolute Gasteiger partial charge is 0.326 e. The van der Waals surface area contributed by atoms with Gasteiger partial charge in [0, 0.05) is 33.7 Å². The van der Waals surface area contributed by atoms with Crippen LogP contribution in [0.3, 0.4) is 0 Å². The predicted molar refractivity (Wildman–Crippen MR) is 194 cm³/mol. The molecule has 1 aliphatic heterocycles. The zero-order chi connectivity index (χ0) is 38.4. The minimum Gasteiger partial charge on any atom is -0.480 e. The molecule has 13 heteroatoms. The fourth-order valence-corrected chi connectivity index (χ4v) is 7.58. The Bertz CT molecular complexity index is 1400. The molecule has 1 saturated heterocycles. The maximum Gasteiger partial charge on any atom is 0.326 e. The number of hydrogen-bond donors (Lipinski definition) is 4. The molecule has 13 nitrogen and oxygen atoms in total. The summed E-state index contributed by atoms with van der Waals surface area (Å²) in [6.07, 6.45) is 1.22. The molecule has 0 spiro atoms. The summed E-state index contributed by atoms with van der Waals surface area (Å²) in [4.78, 5) is 70.0. The molecule has 0 aromatic heterocycles. The minimum absolute atomic E-state index is 0.0205. The molecule has 1 aromatic rings. The molecule has 286 valence electrons. The van der Waals surface area contributed by atoms with E-state index >= 15 is 0 Å². The predicted octanol–water partition coefficient (Wildman–Crippen LogP) is 2.69. The SMILES string of the molecule is CC[C@H](C)[C@@H]([C@@H](CC(=O)N1CCC[C@H]1[C@H](OC)[C@@H](C)C(=O)NC(C(=O)O)C1Cc2ccccc21)OC)N(C)C(=O)[C@@H](NC(=O)C(C)(C)N)C(C)C. The van der Waals surface area contributed by atoms with Crippen LogP contribution in [0.2, 0.25) is 0 Å². The molecule has 3 rings (SSSR count). The molecule has 0 radical (unpaired) electrons. The van der Waals surface area contributed by atoms with Gasteiger partial charge in [-0.15, -0.1) is 0 Å². The normalized spacial score (nSPS) is 21.3. The fourth-order valence-electron chi connectivity index (χ4n) is 7.58. The summed E-state index contributed by atoms with van der Waals surface area (Å²) in [6, 6.07) is 4.80. The Morgan fingerprint density at radius 3 is 2.24 bits per heavy atom. The van der Waals surface area contributed by atoms with Gasteiger partial charge in [-0.2, -0.15) is 0 Å². The second kappa shape index (κ2) is 17.8. The van der Waals surface area contributed by atoms with Crippen LogP contribution >= 0.6 is 0 Å². The Hall–Kier alpha value is -3.55. The van der Waals surface area contributed by atoms with Gasteiger partial charge in [-0.1, -0.05) is 65.3 Å². The second-order valence-corrected chi connectivity index (χ2v) is 15.3. The van der Waals surface area contributed by atoms with Crippen LogP contribution in [0.1, 0.15) is 91.2 Å². The van der Waals surface area contributed by atoms with Crippen molar-refractivity contribution >= 4 is 29.6 Å². The zero-order valence-corrected chi connectivity index (χ0v) is 32.1. The van der Waals surface area contributed by atoms with Crippen LogP contribution in [-0.2, 0) is 39.9 Å². The lowest BCUT2D eigenvalue weighted by atomic mass is 9.73. The average molecular weight is 716 g/mol. The molecule has 2 aliphatic rings. The van der Waals surface area contributed by atoms with E-state index in [1.54, 1.807) is 37.6 Å². The van der Waals surface area contributed by atoms with Gasteiger partial charge >= 0.3 is 5.97 Å². The third-order valence-electron chi connectivity index (χ3n) is 10.9. The van der Waals surface area contributed by atoms with E-state index < -0.39 is 65.6 Å². The minimum atomic E-state index is -1.17. The van der Waals surface area contributed by atoms with E-state index in [2.05, 4.69) is 10.6 Å². The van der Waals surface area contributed by atoms with Crippen molar-refractivity contribution in [2.45, 2.75) is 128 Å². The summed E-state index contributed by atoms with van der Waals surface area (Å²) < 4.78 is 11.8. The van der Waals surface area contributed by atoms with Crippen molar-refractivity contribution in [3.8, 4) is 0 Å². The Labute approximate surface area is 303 Å². The number of rotatable bonds is 18. The average Bonchev–Trinajstić information content (AvgIpc) is 3.55. The number of carboxylic acid groups (broad SMARTS) is 1. The van der Waals surface area contributed by atoms with Gasteiger partial charge in [0.05, 0.1) is 42.2 Å². The Balaban J connectivity index is 1.77. The van der Waals surface area contributed by atoms with Crippen molar-refractivity contribution in [1.29, 1.82) is 0 Å². The van der Waals surface area contributed by atoms with E-state index in [9.17, 15) is 29.1 Å². The van der Waals surface area contributed by atoms with Crippen molar-refractivity contribution in [3.63, 3.8) is 0 Å². The Morgan fingerprint density at radius 1 is 1.06 bits per heavy atom. The largest absolute Gasteiger partial charge is 0.480 e. The van der Waals surface area contributed by atoms with Gasteiger partial charge in [0.1, 0.15) is 12.1 Å². The van der Waals surface area contributed by atoms with Gasteiger partial charge in [0.25, 0.3) is 0 Å². The summed E-state index contributed by atoms with van der Waals surface area (Å²) >= 11 is 0. The highest BCUT2D eigenvalue weighted by Crippen LogP contribution is 2.38. The van der Waals surface area contributed by atoms with Crippen LogP contribution in [0.25, 0.3) is 0 Å². The van der Waals surface area contributed by atoms with E-state index in [1.807, 2.05) is 52.0 Å². The summed E-state index contributed by atoms with van der Waals surface area (Å²) in [6.45, 7) is 13.0. The highest BCUT2D eigenvalue weighted by Gasteiger charge is 2.45. The zero-order valence-electron chi connectivity index (χ0n) is 32.1. The topological polar surface area (TPSA) is 181 Å². The van der Waals surface area contributed by atoms with Crippen molar-refractivity contribution in [2.75, 3.05) is 27.8 Å². The first-order valence-electron chi connectivity index (χ1n) is 18.2. The Kier molecular flexibility index (Phi) is 14.6. The molecular formula is C38H61N5O8. The number of carboxylic acids is 1. The first kappa shape index (κ1) is 41.9. The maximum atomic E-state index is 14.1. The molecule has 0 saturated carbocycles. The van der Waals surface area contributed by atoms with Crippen molar-refractivity contribution in [2.24, 2.45) is 23.5 Å². The second-order valence-electron chi connectivity index (χ2n) is 15.3. The van der Waals surface area contributed by atoms with Crippen molar-refractivity contribution in [3.05, 3.63) is 35.4 Å². The van der Waals surface area contributed by atoms with Gasteiger partial charge in [-0.3, -0.25) is 19.2 Å². The van der Waals surface area contributed by atoms with Crippen LogP contribution in [0.5, 0.6) is 0 Å². The molecule has 2 unspecified atom stereocenters. The molecule has 9 atom stereocenters. The number of amides is 4. The monoisotopic (exact) mass is 715 g/mol. The van der Waals surface area contributed by atoms with Gasteiger partial charge in [0.15, 0.2) is 0 Å². The molecule has 4 amide bonds. The van der Waals surface area contributed by atoms with Crippen LogP contribution < -0.4 is 16.4 Å². The number of nitrogens with two attached hydrogens (primary N) is 1. The number of fused-ring (bicyclic) bond motifs is 1. The molecule has 1 aliphatic carbocycles.